The molecule has 86 valence electrons. The number of rotatable bonds is 2. The Morgan fingerprint density at radius 2 is 1.94 bits per heavy atom. The monoisotopic (exact) mass is 227 g/mol. The fourth-order valence-corrected chi connectivity index (χ4v) is 1.74. The number of hydrogen-bond donors (Lipinski definition) is 2. The molecule has 0 spiro atoms. The fraction of sp³-hybridized carbons (Fsp3) is 0.0714. The molecule has 2 aromatic carbocycles. The van der Waals surface area contributed by atoms with Gasteiger partial charge in [0.05, 0.1) is 5.56 Å². The Morgan fingerprint density at radius 3 is 2.65 bits per heavy atom. The summed E-state index contributed by atoms with van der Waals surface area (Å²) in [7, 11) is 0. The summed E-state index contributed by atoms with van der Waals surface area (Å²) in [5.74, 6) is -0.932. The van der Waals surface area contributed by atoms with Crippen molar-refractivity contribution < 1.29 is 9.90 Å². The molecule has 2 rings (SSSR count). The standard InChI is InChI=1S/C14H13NO2/c1-9-5-6-13(15)12(7-9)10-3-2-4-11(8-10)14(16)17/h2-8H,15H2,1H3,(H,16,17). The van der Waals surface area contributed by atoms with Crippen molar-refractivity contribution in [1.29, 1.82) is 0 Å². The SMILES string of the molecule is Cc1ccc(N)c(-c2cccc(C(=O)O)c2)c1. The highest BCUT2D eigenvalue weighted by Gasteiger charge is 2.07. The van der Waals surface area contributed by atoms with Gasteiger partial charge in [0.15, 0.2) is 0 Å². The normalized spacial score (nSPS) is 10.2. The van der Waals surface area contributed by atoms with Crippen molar-refractivity contribution in [2.75, 3.05) is 5.73 Å². The Bertz CT molecular complexity index is 576. The summed E-state index contributed by atoms with van der Waals surface area (Å²) in [6, 6.07) is 12.5. The molecule has 0 bridgehead atoms. The second kappa shape index (κ2) is 4.29. The van der Waals surface area contributed by atoms with Gasteiger partial charge in [-0.05, 0) is 36.8 Å². The zero-order valence-corrected chi connectivity index (χ0v) is 9.47. The van der Waals surface area contributed by atoms with Gasteiger partial charge in [0, 0.05) is 11.3 Å². The molecule has 3 heteroatoms. The number of nitrogens with two attached hydrogens (primary N) is 1. The van der Waals surface area contributed by atoms with Crippen molar-refractivity contribution in [2.45, 2.75) is 6.92 Å². The predicted molar refractivity (Wildman–Crippen MR) is 68.0 cm³/mol. The molecule has 0 aliphatic heterocycles. The van der Waals surface area contributed by atoms with E-state index in [1.165, 1.54) is 0 Å². The maximum absolute atomic E-state index is 10.9. The highest BCUT2D eigenvalue weighted by atomic mass is 16.4. The maximum atomic E-state index is 10.9. The number of carboxylic acid groups (broad SMARTS) is 1. The third-order valence-electron chi connectivity index (χ3n) is 2.63. The van der Waals surface area contributed by atoms with E-state index in [0.29, 0.717) is 5.69 Å². The third kappa shape index (κ3) is 2.28. The summed E-state index contributed by atoms with van der Waals surface area (Å²) in [5.41, 5.74) is 9.60. The summed E-state index contributed by atoms with van der Waals surface area (Å²) in [4.78, 5) is 10.9. The van der Waals surface area contributed by atoms with Gasteiger partial charge in [-0.3, -0.25) is 0 Å². The van der Waals surface area contributed by atoms with E-state index in [1.54, 1.807) is 18.2 Å². The Hall–Kier alpha value is -2.29. The van der Waals surface area contributed by atoms with Gasteiger partial charge < -0.3 is 10.8 Å². The largest absolute Gasteiger partial charge is 0.478 e. The van der Waals surface area contributed by atoms with Crippen LogP contribution in [0.25, 0.3) is 11.1 Å². The number of aryl methyl sites for hydroxylation is 1. The van der Waals surface area contributed by atoms with Crippen LogP contribution in [-0.2, 0) is 0 Å². The number of hydrogen-bond acceptors (Lipinski definition) is 2. The third-order valence-corrected chi connectivity index (χ3v) is 2.63. The van der Waals surface area contributed by atoms with Crippen LogP contribution >= 0.6 is 0 Å². The van der Waals surface area contributed by atoms with E-state index in [0.717, 1.165) is 16.7 Å². The van der Waals surface area contributed by atoms with Crippen LogP contribution in [0.15, 0.2) is 42.5 Å². The molecule has 0 fully saturated rings. The van der Waals surface area contributed by atoms with Crippen LogP contribution in [0.3, 0.4) is 0 Å². The highest BCUT2D eigenvalue weighted by molar-refractivity contribution is 5.90. The first-order chi connectivity index (χ1) is 8.08. The van der Waals surface area contributed by atoms with E-state index in [9.17, 15) is 4.79 Å². The first-order valence-corrected chi connectivity index (χ1v) is 5.28. The topological polar surface area (TPSA) is 63.3 Å². The number of aromatic carboxylic acids is 1. The number of carbonyl (C=O) groups is 1. The predicted octanol–water partition coefficient (Wildman–Crippen LogP) is 2.94. The molecule has 3 N–H and O–H groups in total. The maximum Gasteiger partial charge on any atom is 0.335 e. The van der Waals surface area contributed by atoms with Crippen LogP contribution in [0.1, 0.15) is 15.9 Å². The second-order valence-corrected chi connectivity index (χ2v) is 3.98. The Balaban J connectivity index is 2.56. The first kappa shape index (κ1) is 11.2. The lowest BCUT2D eigenvalue weighted by molar-refractivity contribution is 0.0697. The first-order valence-electron chi connectivity index (χ1n) is 5.28. The van der Waals surface area contributed by atoms with Crippen LogP contribution in [0.2, 0.25) is 0 Å². The van der Waals surface area contributed by atoms with Gasteiger partial charge in [-0.25, -0.2) is 4.79 Å². The molecule has 0 saturated heterocycles. The minimum Gasteiger partial charge on any atom is -0.478 e. The summed E-state index contributed by atoms with van der Waals surface area (Å²) >= 11 is 0. The average Bonchev–Trinajstić information content (AvgIpc) is 2.32. The summed E-state index contributed by atoms with van der Waals surface area (Å²) in [5, 5.41) is 8.95. The van der Waals surface area contributed by atoms with Crippen LogP contribution in [0, 0.1) is 6.92 Å². The molecular weight excluding hydrogens is 214 g/mol. The summed E-state index contributed by atoms with van der Waals surface area (Å²) in [6.07, 6.45) is 0. The van der Waals surface area contributed by atoms with Gasteiger partial charge in [-0.2, -0.15) is 0 Å². The number of anilines is 1. The molecule has 0 saturated carbocycles. The van der Waals surface area contributed by atoms with Crippen LogP contribution < -0.4 is 5.73 Å². The lowest BCUT2D eigenvalue weighted by atomic mass is 10.00. The minimum atomic E-state index is -0.932. The van der Waals surface area contributed by atoms with E-state index < -0.39 is 5.97 Å². The zero-order chi connectivity index (χ0) is 12.4. The molecule has 0 aromatic heterocycles. The number of benzene rings is 2. The quantitative estimate of drug-likeness (QED) is 0.775. The van der Waals surface area contributed by atoms with Crippen molar-refractivity contribution >= 4 is 11.7 Å². The lowest BCUT2D eigenvalue weighted by Crippen LogP contribution is -1.97. The van der Waals surface area contributed by atoms with Crippen molar-refractivity contribution in [1.82, 2.24) is 0 Å². The summed E-state index contributed by atoms with van der Waals surface area (Å²) in [6.45, 7) is 1.98. The molecule has 0 unspecified atom stereocenters. The summed E-state index contributed by atoms with van der Waals surface area (Å²) < 4.78 is 0. The van der Waals surface area contributed by atoms with Gasteiger partial charge in [0.1, 0.15) is 0 Å². The molecule has 0 amide bonds. The smallest absolute Gasteiger partial charge is 0.335 e. The van der Waals surface area contributed by atoms with Crippen molar-refractivity contribution in [3.63, 3.8) is 0 Å². The molecule has 0 atom stereocenters. The molecule has 0 aliphatic rings. The van der Waals surface area contributed by atoms with Crippen LogP contribution in [-0.4, -0.2) is 11.1 Å². The van der Waals surface area contributed by atoms with E-state index in [2.05, 4.69) is 0 Å². The minimum absolute atomic E-state index is 0.267. The Kier molecular flexibility index (Phi) is 2.83. The second-order valence-electron chi connectivity index (χ2n) is 3.98. The van der Waals surface area contributed by atoms with E-state index in [-0.39, 0.29) is 5.56 Å². The molecule has 0 aliphatic carbocycles. The van der Waals surface area contributed by atoms with Gasteiger partial charge in [-0.1, -0.05) is 23.8 Å². The molecular formula is C14H13NO2. The molecule has 0 radical (unpaired) electrons. The number of carboxylic acids is 1. The van der Waals surface area contributed by atoms with Gasteiger partial charge in [0.2, 0.25) is 0 Å². The van der Waals surface area contributed by atoms with Crippen LogP contribution in [0.5, 0.6) is 0 Å². The average molecular weight is 227 g/mol. The molecule has 3 nitrogen and oxygen atoms in total. The van der Waals surface area contributed by atoms with Crippen molar-refractivity contribution in [3.8, 4) is 11.1 Å². The Morgan fingerprint density at radius 1 is 1.18 bits per heavy atom. The zero-order valence-electron chi connectivity index (χ0n) is 9.47. The van der Waals surface area contributed by atoms with E-state index in [1.807, 2.05) is 31.2 Å². The van der Waals surface area contributed by atoms with E-state index in [4.69, 9.17) is 10.8 Å². The van der Waals surface area contributed by atoms with Gasteiger partial charge in [-0.15, -0.1) is 0 Å². The fourth-order valence-electron chi connectivity index (χ4n) is 1.74. The Labute approximate surface area is 99.5 Å². The van der Waals surface area contributed by atoms with Crippen molar-refractivity contribution in [2.24, 2.45) is 0 Å². The van der Waals surface area contributed by atoms with Crippen molar-refractivity contribution in [3.05, 3.63) is 53.6 Å². The molecule has 0 heterocycles. The number of nitrogen functional groups attached to an aromatic ring is 1. The molecule has 2 aromatic rings. The lowest BCUT2D eigenvalue weighted by Gasteiger charge is -2.07. The van der Waals surface area contributed by atoms with Gasteiger partial charge >= 0.3 is 5.97 Å². The molecule has 17 heavy (non-hydrogen) atoms. The van der Waals surface area contributed by atoms with Gasteiger partial charge in [0.25, 0.3) is 0 Å². The van der Waals surface area contributed by atoms with E-state index >= 15 is 0 Å². The van der Waals surface area contributed by atoms with Crippen LogP contribution in [0.4, 0.5) is 5.69 Å². The highest BCUT2D eigenvalue weighted by Crippen LogP contribution is 2.27.